The highest BCUT2D eigenvalue weighted by atomic mass is 16.5. The van der Waals surface area contributed by atoms with Crippen molar-refractivity contribution in [2.45, 2.75) is 59.0 Å². The molecular weight excluding hydrogens is 208 g/mol. The number of hydrogen-bond acceptors (Lipinski definition) is 1. The molecule has 0 aliphatic heterocycles. The molecule has 0 aromatic carbocycles. The van der Waals surface area contributed by atoms with Gasteiger partial charge in [0, 0.05) is 13.0 Å². The third kappa shape index (κ3) is 1.41. The summed E-state index contributed by atoms with van der Waals surface area (Å²) in [6.45, 7) is 9.64. The van der Waals surface area contributed by atoms with Gasteiger partial charge in [0.15, 0.2) is 0 Å². The van der Waals surface area contributed by atoms with E-state index in [0.29, 0.717) is 11.3 Å². The molecule has 0 bridgehead atoms. The fraction of sp³-hybridized carbons (Fsp3) is 0.875. The number of hydrogen-bond donors (Lipinski definition) is 0. The molecule has 0 radical (unpaired) electrons. The van der Waals surface area contributed by atoms with E-state index in [0.717, 1.165) is 11.8 Å². The van der Waals surface area contributed by atoms with Gasteiger partial charge in [-0.3, -0.25) is 0 Å². The van der Waals surface area contributed by atoms with Crippen LogP contribution in [0.1, 0.15) is 53.4 Å². The van der Waals surface area contributed by atoms with Gasteiger partial charge in [-0.1, -0.05) is 25.0 Å². The van der Waals surface area contributed by atoms with Crippen molar-refractivity contribution >= 4 is 0 Å². The third-order valence-electron chi connectivity index (χ3n) is 6.22. The Kier molecular flexibility index (Phi) is 2.34. The number of methoxy groups -OCH3 is 1. The second-order valence-corrected chi connectivity index (χ2v) is 7.29. The predicted octanol–water partition coefficient (Wildman–Crippen LogP) is 4.18. The van der Waals surface area contributed by atoms with Crippen LogP contribution in [0.15, 0.2) is 11.1 Å². The number of fused-ring (bicyclic) bond motifs is 3. The average molecular weight is 234 g/mol. The Bertz CT molecular complexity index is 379. The first-order valence-electron chi connectivity index (χ1n) is 7.16. The van der Waals surface area contributed by atoms with Crippen LogP contribution < -0.4 is 0 Å². The monoisotopic (exact) mass is 234 g/mol. The lowest BCUT2D eigenvalue weighted by Crippen LogP contribution is -2.37. The molecule has 0 spiro atoms. The van der Waals surface area contributed by atoms with Crippen molar-refractivity contribution < 1.29 is 4.74 Å². The lowest BCUT2D eigenvalue weighted by atomic mass is 9.78. The molecule has 1 heteroatoms. The highest BCUT2D eigenvalue weighted by Crippen LogP contribution is 2.70. The third-order valence-corrected chi connectivity index (χ3v) is 6.22. The molecule has 0 amide bonds. The maximum atomic E-state index is 5.92. The van der Waals surface area contributed by atoms with Crippen LogP contribution in [-0.4, -0.2) is 12.7 Å². The Morgan fingerprint density at radius 1 is 1.18 bits per heavy atom. The van der Waals surface area contributed by atoms with E-state index in [4.69, 9.17) is 4.74 Å². The van der Waals surface area contributed by atoms with E-state index in [1.54, 1.807) is 11.1 Å². The predicted molar refractivity (Wildman–Crippen MR) is 70.8 cm³/mol. The van der Waals surface area contributed by atoms with Gasteiger partial charge in [-0.2, -0.15) is 0 Å². The molecule has 96 valence electrons. The van der Waals surface area contributed by atoms with Crippen LogP contribution in [0.2, 0.25) is 0 Å². The van der Waals surface area contributed by atoms with E-state index in [-0.39, 0.29) is 5.60 Å². The number of rotatable bonds is 1. The Morgan fingerprint density at radius 3 is 2.53 bits per heavy atom. The maximum absolute atomic E-state index is 5.92. The molecule has 0 aromatic heterocycles. The van der Waals surface area contributed by atoms with Crippen molar-refractivity contribution in [2.24, 2.45) is 23.2 Å². The van der Waals surface area contributed by atoms with Crippen LogP contribution >= 0.6 is 0 Å². The summed E-state index contributed by atoms with van der Waals surface area (Å²) in [4.78, 5) is 0. The highest BCUT2D eigenvalue weighted by molar-refractivity contribution is 5.36. The molecule has 0 N–H and O–H groups in total. The van der Waals surface area contributed by atoms with Crippen LogP contribution in [0.3, 0.4) is 0 Å². The van der Waals surface area contributed by atoms with E-state index in [9.17, 15) is 0 Å². The molecule has 3 aliphatic carbocycles. The largest absolute Gasteiger partial charge is 0.378 e. The van der Waals surface area contributed by atoms with Crippen LogP contribution in [0.4, 0.5) is 0 Å². The first-order chi connectivity index (χ1) is 7.92. The molecule has 1 nitrogen and oxygen atoms in total. The van der Waals surface area contributed by atoms with Gasteiger partial charge in [0.2, 0.25) is 0 Å². The van der Waals surface area contributed by atoms with Gasteiger partial charge in [0.05, 0.1) is 5.60 Å². The minimum absolute atomic E-state index is 0.108. The van der Waals surface area contributed by atoms with E-state index >= 15 is 0 Å². The summed E-state index contributed by atoms with van der Waals surface area (Å²) in [5.41, 5.74) is 4.15. The first kappa shape index (κ1) is 11.8. The lowest BCUT2D eigenvalue weighted by molar-refractivity contribution is -0.0395. The fourth-order valence-corrected chi connectivity index (χ4v) is 4.84. The van der Waals surface area contributed by atoms with Gasteiger partial charge in [-0.15, -0.1) is 0 Å². The van der Waals surface area contributed by atoms with Gasteiger partial charge in [0.25, 0.3) is 0 Å². The van der Waals surface area contributed by atoms with Gasteiger partial charge < -0.3 is 4.74 Å². The van der Waals surface area contributed by atoms with Gasteiger partial charge in [0.1, 0.15) is 0 Å². The molecule has 4 atom stereocenters. The topological polar surface area (TPSA) is 9.23 Å². The zero-order chi connectivity index (χ0) is 12.4. The Hall–Kier alpha value is -0.300. The summed E-state index contributed by atoms with van der Waals surface area (Å²) >= 11 is 0. The highest BCUT2D eigenvalue weighted by Gasteiger charge is 2.64. The molecule has 3 aliphatic rings. The van der Waals surface area contributed by atoms with Crippen molar-refractivity contribution in [1.82, 2.24) is 0 Å². The van der Waals surface area contributed by atoms with Crippen LogP contribution in [0.5, 0.6) is 0 Å². The smallest absolute Gasteiger partial charge is 0.0716 e. The van der Waals surface area contributed by atoms with Gasteiger partial charge in [-0.05, 0) is 56.8 Å². The summed E-state index contributed by atoms with van der Waals surface area (Å²) in [5, 5.41) is 0. The van der Waals surface area contributed by atoms with Crippen LogP contribution in [0.25, 0.3) is 0 Å². The van der Waals surface area contributed by atoms with E-state index in [1.165, 1.54) is 25.7 Å². The molecule has 2 saturated carbocycles. The molecule has 0 heterocycles. The lowest BCUT2D eigenvalue weighted by Gasteiger charge is -2.36. The quantitative estimate of drug-likeness (QED) is 0.618. The Labute approximate surface area is 106 Å². The SMILES string of the molecule is CO[C@]1(C)CC[C@H]2[C@H](C3=C(C)CC[C@H]31)C2(C)C. The molecule has 2 fully saturated rings. The minimum atomic E-state index is 0.108. The van der Waals surface area contributed by atoms with Crippen molar-refractivity contribution in [3.8, 4) is 0 Å². The zero-order valence-corrected chi connectivity index (χ0v) is 12.0. The van der Waals surface area contributed by atoms with Crippen molar-refractivity contribution in [3.63, 3.8) is 0 Å². The van der Waals surface area contributed by atoms with Crippen LogP contribution in [-0.2, 0) is 4.74 Å². The van der Waals surface area contributed by atoms with Crippen molar-refractivity contribution in [2.75, 3.05) is 7.11 Å². The second kappa shape index (κ2) is 3.38. The summed E-state index contributed by atoms with van der Waals surface area (Å²) in [6.07, 6.45) is 5.23. The molecule has 0 saturated heterocycles. The van der Waals surface area contributed by atoms with E-state index in [1.807, 2.05) is 7.11 Å². The number of allylic oxidation sites excluding steroid dienone is 1. The summed E-state index contributed by atoms with van der Waals surface area (Å²) in [7, 11) is 1.91. The molecule has 3 rings (SSSR count). The normalized spacial score (nSPS) is 47.5. The van der Waals surface area contributed by atoms with Crippen LogP contribution in [0, 0.1) is 23.2 Å². The summed E-state index contributed by atoms with van der Waals surface area (Å²) in [5.74, 6) is 2.49. The molecule has 0 unspecified atom stereocenters. The zero-order valence-electron chi connectivity index (χ0n) is 12.0. The van der Waals surface area contributed by atoms with Crippen molar-refractivity contribution in [1.29, 1.82) is 0 Å². The first-order valence-corrected chi connectivity index (χ1v) is 7.16. The Balaban J connectivity index is 2.02. The molecular formula is C16H26O. The standard InChI is InChI=1S/C16H26O/c1-10-6-7-11-13(10)14-12(15(14,2)3)8-9-16(11,4)17-5/h11-12,14H,6-9H2,1-5H3/t11-,12+,14-,16-/m1/s1. The van der Waals surface area contributed by atoms with Gasteiger partial charge in [-0.25, -0.2) is 0 Å². The Morgan fingerprint density at radius 2 is 1.88 bits per heavy atom. The average Bonchev–Trinajstić information content (AvgIpc) is 2.65. The fourth-order valence-electron chi connectivity index (χ4n) is 4.84. The number of ether oxygens (including phenoxy) is 1. The molecule has 0 aromatic rings. The maximum Gasteiger partial charge on any atom is 0.0716 e. The van der Waals surface area contributed by atoms with Crippen molar-refractivity contribution in [3.05, 3.63) is 11.1 Å². The summed E-state index contributed by atoms with van der Waals surface area (Å²) in [6, 6.07) is 0. The summed E-state index contributed by atoms with van der Waals surface area (Å²) < 4.78 is 5.92. The molecule has 17 heavy (non-hydrogen) atoms. The minimum Gasteiger partial charge on any atom is -0.378 e. The van der Waals surface area contributed by atoms with Gasteiger partial charge >= 0.3 is 0 Å². The van der Waals surface area contributed by atoms with E-state index < -0.39 is 0 Å². The van der Waals surface area contributed by atoms with E-state index in [2.05, 4.69) is 27.7 Å². The second-order valence-electron chi connectivity index (χ2n) is 7.29.